The van der Waals surface area contributed by atoms with Crippen LogP contribution >= 0.6 is 15.9 Å². The lowest BCUT2D eigenvalue weighted by Gasteiger charge is -2.09. The number of hydrogen-bond donors (Lipinski definition) is 1. The van der Waals surface area contributed by atoms with E-state index in [0.717, 1.165) is 29.8 Å². The first-order valence-electron chi connectivity index (χ1n) is 8.33. The Kier molecular flexibility index (Phi) is 10.6. The standard InChI is InChI=1S/C18H30BrNO/c1-3-4-5-6-7-8-9-10-13-21-17-11-12-18(19)16(14-17)15-20-2/h11-12,14,20H,3-10,13,15H2,1-2H3. The predicted octanol–water partition coefficient (Wildman–Crippen LogP) is 5.69. The van der Waals surface area contributed by atoms with Gasteiger partial charge in [0.2, 0.25) is 0 Å². The molecule has 0 atom stereocenters. The number of hydrogen-bond acceptors (Lipinski definition) is 2. The van der Waals surface area contributed by atoms with Crippen molar-refractivity contribution in [1.29, 1.82) is 0 Å². The van der Waals surface area contributed by atoms with E-state index in [1.807, 2.05) is 13.1 Å². The van der Waals surface area contributed by atoms with Gasteiger partial charge in [0.25, 0.3) is 0 Å². The smallest absolute Gasteiger partial charge is 0.119 e. The maximum absolute atomic E-state index is 5.84. The zero-order valence-corrected chi connectivity index (χ0v) is 15.2. The van der Waals surface area contributed by atoms with Crippen LogP contribution in [0.5, 0.6) is 5.75 Å². The van der Waals surface area contributed by atoms with E-state index in [4.69, 9.17) is 4.74 Å². The molecular formula is C18H30BrNO. The molecule has 0 saturated carbocycles. The first-order chi connectivity index (χ1) is 10.3. The van der Waals surface area contributed by atoms with Crippen LogP contribution in [0, 0.1) is 0 Å². The number of unbranched alkanes of at least 4 members (excludes halogenated alkanes) is 7. The van der Waals surface area contributed by atoms with E-state index in [9.17, 15) is 0 Å². The van der Waals surface area contributed by atoms with Gasteiger partial charge in [-0.1, -0.05) is 67.8 Å². The Morgan fingerprint density at radius 3 is 2.33 bits per heavy atom. The van der Waals surface area contributed by atoms with Crippen molar-refractivity contribution < 1.29 is 4.74 Å². The van der Waals surface area contributed by atoms with Crippen molar-refractivity contribution in [3.63, 3.8) is 0 Å². The van der Waals surface area contributed by atoms with Gasteiger partial charge >= 0.3 is 0 Å². The number of rotatable bonds is 12. The summed E-state index contributed by atoms with van der Waals surface area (Å²) in [6.07, 6.45) is 10.7. The minimum Gasteiger partial charge on any atom is -0.494 e. The molecule has 120 valence electrons. The fraction of sp³-hybridized carbons (Fsp3) is 0.667. The SMILES string of the molecule is CCCCCCCCCCOc1ccc(Br)c(CNC)c1. The Bertz CT molecular complexity index is 381. The van der Waals surface area contributed by atoms with Crippen LogP contribution in [0.2, 0.25) is 0 Å². The third kappa shape index (κ3) is 8.47. The monoisotopic (exact) mass is 355 g/mol. The van der Waals surface area contributed by atoms with Gasteiger partial charge in [0.15, 0.2) is 0 Å². The van der Waals surface area contributed by atoms with Crippen molar-refractivity contribution in [1.82, 2.24) is 5.32 Å². The second-order valence-electron chi connectivity index (χ2n) is 5.61. The summed E-state index contributed by atoms with van der Waals surface area (Å²) in [7, 11) is 1.96. The van der Waals surface area contributed by atoms with Gasteiger partial charge in [0, 0.05) is 11.0 Å². The van der Waals surface area contributed by atoms with Gasteiger partial charge in [0.1, 0.15) is 5.75 Å². The van der Waals surface area contributed by atoms with Gasteiger partial charge in [-0.25, -0.2) is 0 Å². The van der Waals surface area contributed by atoms with Crippen LogP contribution in [0.4, 0.5) is 0 Å². The third-order valence-corrected chi connectivity index (χ3v) is 4.42. The fourth-order valence-electron chi connectivity index (χ4n) is 2.39. The van der Waals surface area contributed by atoms with E-state index in [1.165, 1.54) is 50.5 Å². The van der Waals surface area contributed by atoms with Crippen LogP contribution in [0.15, 0.2) is 22.7 Å². The molecule has 2 nitrogen and oxygen atoms in total. The molecule has 0 fully saturated rings. The van der Waals surface area contributed by atoms with Crippen molar-refractivity contribution in [2.24, 2.45) is 0 Å². The molecule has 1 aromatic carbocycles. The number of halogens is 1. The molecule has 0 aliphatic carbocycles. The van der Waals surface area contributed by atoms with E-state index in [-0.39, 0.29) is 0 Å². The van der Waals surface area contributed by atoms with E-state index < -0.39 is 0 Å². The third-order valence-electron chi connectivity index (χ3n) is 3.65. The molecule has 0 saturated heterocycles. The van der Waals surface area contributed by atoms with Gasteiger partial charge in [-0.15, -0.1) is 0 Å². The van der Waals surface area contributed by atoms with Crippen LogP contribution < -0.4 is 10.1 Å². The molecule has 3 heteroatoms. The molecule has 0 unspecified atom stereocenters. The number of ether oxygens (including phenoxy) is 1. The molecule has 0 aliphatic heterocycles. The van der Waals surface area contributed by atoms with Crippen molar-refractivity contribution in [3.05, 3.63) is 28.2 Å². The molecule has 0 aliphatic rings. The first-order valence-corrected chi connectivity index (χ1v) is 9.13. The maximum atomic E-state index is 5.84. The van der Waals surface area contributed by atoms with Crippen molar-refractivity contribution in [3.8, 4) is 5.75 Å². The van der Waals surface area contributed by atoms with E-state index in [1.54, 1.807) is 0 Å². The highest BCUT2D eigenvalue weighted by atomic mass is 79.9. The van der Waals surface area contributed by atoms with Gasteiger partial charge < -0.3 is 10.1 Å². The number of nitrogens with one attached hydrogen (secondary N) is 1. The molecule has 0 spiro atoms. The molecule has 0 amide bonds. The summed E-state index contributed by atoms with van der Waals surface area (Å²) >= 11 is 3.56. The predicted molar refractivity (Wildman–Crippen MR) is 95.0 cm³/mol. The van der Waals surface area contributed by atoms with Crippen LogP contribution in [-0.4, -0.2) is 13.7 Å². The van der Waals surface area contributed by atoms with Gasteiger partial charge in [-0.3, -0.25) is 0 Å². The lowest BCUT2D eigenvalue weighted by atomic mass is 10.1. The summed E-state index contributed by atoms with van der Waals surface area (Å²) in [5.74, 6) is 0.978. The molecule has 1 aromatic rings. The van der Waals surface area contributed by atoms with Crippen LogP contribution in [0.25, 0.3) is 0 Å². The van der Waals surface area contributed by atoms with Crippen molar-refractivity contribution in [2.75, 3.05) is 13.7 Å². The Morgan fingerprint density at radius 2 is 1.67 bits per heavy atom. The Hall–Kier alpha value is -0.540. The molecule has 0 heterocycles. The average molecular weight is 356 g/mol. The molecule has 0 bridgehead atoms. The molecule has 0 radical (unpaired) electrons. The van der Waals surface area contributed by atoms with E-state index in [0.29, 0.717) is 0 Å². The largest absolute Gasteiger partial charge is 0.494 e. The minimum absolute atomic E-state index is 0.829. The highest BCUT2D eigenvalue weighted by molar-refractivity contribution is 9.10. The van der Waals surface area contributed by atoms with Crippen LogP contribution in [-0.2, 0) is 6.54 Å². The quantitative estimate of drug-likeness (QED) is 0.486. The molecule has 21 heavy (non-hydrogen) atoms. The lowest BCUT2D eigenvalue weighted by molar-refractivity contribution is 0.304. The second-order valence-corrected chi connectivity index (χ2v) is 6.46. The highest BCUT2D eigenvalue weighted by Gasteiger charge is 2.02. The first kappa shape index (κ1) is 18.5. The summed E-state index contributed by atoms with van der Waals surface area (Å²) in [4.78, 5) is 0. The summed E-state index contributed by atoms with van der Waals surface area (Å²) in [5.41, 5.74) is 1.24. The van der Waals surface area contributed by atoms with E-state index in [2.05, 4.69) is 40.3 Å². The number of benzene rings is 1. The summed E-state index contributed by atoms with van der Waals surface area (Å²) in [6.45, 7) is 3.95. The lowest BCUT2D eigenvalue weighted by Crippen LogP contribution is -2.06. The normalized spacial score (nSPS) is 10.8. The Labute approximate surface area is 138 Å². The van der Waals surface area contributed by atoms with E-state index >= 15 is 0 Å². The Morgan fingerprint density at radius 1 is 1.00 bits per heavy atom. The highest BCUT2D eigenvalue weighted by Crippen LogP contribution is 2.22. The fourth-order valence-corrected chi connectivity index (χ4v) is 2.78. The summed E-state index contributed by atoms with van der Waals surface area (Å²) < 4.78 is 6.98. The van der Waals surface area contributed by atoms with Crippen LogP contribution in [0.3, 0.4) is 0 Å². The zero-order valence-electron chi connectivity index (χ0n) is 13.6. The molecule has 1 rings (SSSR count). The van der Waals surface area contributed by atoms with Gasteiger partial charge in [-0.05, 0) is 37.2 Å². The minimum atomic E-state index is 0.829. The molecule has 0 aromatic heterocycles. The Balaban J connectivity index is 2.11. The summed E-state index contributed by atoms with van der Waals surface area (Å²) in [5, 5.41) is 3.17. The van der Waals surface area contributed by atoms with Crippen molar-refractivity contribution in [2.45, 2.75) is 64.8 Å². The van der Waals surface area contributed by atoms with Gasteiger partial charge in [-0.2, -0.15) is 0 Å². The second kappa shape index (κ2) is 12.0. The molecular weight excluding hydrogens is 326 g/mol. The van der Waals surface area contributed by atoms with Gasteiger partial charge in [0.05, 0.1) is 6.61 Å². The molecule has 1 N–H and O–H groups in total. The topological polar surface area (TPSA) is 21.3 Å². The zero-order chi connectivity index (χ0) is 15.3. The van der Waals surface area contributed by atoms with Crippen LogP contribution in [0.1, 0.15) is 63.9 Å². The van der Waals surface area contributed by atoms with Crippen molar-refractivity contribution >= 4 is 15.9 Å². The average Bonchev–Trinajstić information content (AvgIpc) is 2.49. The maximum Gasteiger partial charge on any atom is 0.119 e. The summed E-state index contributed by atoms with van der Waals surface area (Å²) in [6, 6.07) is 6.22.